The van der Waals surface area contributed by atoms with Crippen LogP contribution in [0.4, 0.5) is 16.2 Å². The van der Waals surface area contributed by atoms with Gasteiger partial charge in [0.1, 0.15) is 5.69 Å². The van der Waals surface area contributed by atoms with E-state index in [1.165, 1.54) is 0 Å². The number of aromatic nitrogens is 1. The molecule has 0 saturated carbocycles. The van der Waals surface area contributed by atoms with Gasteiger partial charge in [-0.05, 0) is 50.5 Å². The van der Waals surface area contributed by atoms with Crippen LogP contribution in [0.1, 0.15) is 41.9 Å². The smallest absolute Gasteiger partial charge is 0.414 e. The van der Waals surface area contributed by atoms with E-state index in [0.29, 0.717) is 30.0 Å². The SMILES string of the molecule is CCOC(=O)N1c2cc(C)c(C)cc2N(C(=O)c2cc(-c3ccccc3)no2)CC1CC. The number of carbonyl (C=O) groups excluding carboxylic acids is 2. The van der Waals surface area contributed by atoms with Crippen LogP contribution in [0.2, 0.25) is 0 Å². The minimum atomic E-state index is -0.401. The maximum Gasteiger partial charge on any atom is 0.414 e. The lowest BCUT2D eigenvalue weighted by Crippen LogP contribution is -2.53. The van der Waals surface area contributed by atoms with Gasteiger partial charge in [-0.15, -0.1) is 0 Å². The van der Waals surface area contributed by atoms with Crippen molar-refractivity contribution in [2.24, 2.45) is 0 Å². The molecule has 2 aromatic carbocycles. The number of fused-ring (bicyclic) bond motifs is 1. The summed E-state index contributed by atoms with van der Waals surface area (Å²) >= 11 is 0. The first-order valence-corrected chi connectivity index (χ1v) is 10.9. The second kappa shape index (κ2) is 8.86. The molecule has 1 aromatic heterocycles. The molecule has 3 aromatic rings. The average molecular weight is 434 g/mol. The monoisotopic (exact) mass is 433 g/mol. The molecular formula is C25H27N3O4. The van der Waals surface area contributed by atoms with Crippen LogP contribution in [0, 0.1) is 13.8 Å². The topological polar surface area (TPSA) is 75.9 Å². The summed E-state index contributed by atoms with van der Waals surface area (Å²) in [5.41, 5.74) is 4.87. The molecule has 0 fully saturated rings. The van der Waals surface area contributed by atoms with Gasteiger partial charge in [0.05, 0.1) is 24.0 Å². The van der Waals surface area contributed by atoms with Crippen molar-refractivity contribution >= 4 is 23.4 Å². The fourth-order valence-electron chi connectivity index (χ4n) is 3.98. The van der Waals surface area contributed by atoms with Crippen molar-refractivity contribution in [3.8, 4) is 11.3 Å². The minimum absolute atomic E-state index is 0.160. The van der Waals surface area contributed by atoms with Crippen molar-refractivity contribution < 1.29 is 18.8 Å². The Morgan fingerprint density at radius 1 is 1.06 bits per heavy atom. The molecule has 0 N–H and O–H groups in total. The van der Waals surface area contributed by atoms with Gasteiger partial charge >= 0.3 is 6.09 Å². The second-order valence-electron chi connectivity index (χ2n) is 7.91. The number of benzene rings is 2. The second-order valence-corrected chi connectivity index (χ2v) is 7.91. The molecule has 0 radical (unpaired) electrons. The third-order valence-electron chi connectivity index (χ3n) is 5.87. The number of nitrogens with zero attached hydrogens (tertiary/aromatic N) is 3. The van der Waals surface area contributed by atoms with Crippen molar-refractivity contribution in [1.29, 1.82) is 0 Å². The van der Waals surface area contributed by atoms with Crippen molar-refractivity contribution in [1.82, 2.24) is 5.16 Å². The summed E-state index contributed by atoms with van der Waals surface area (Å²) in [5.74, 6) is -0.126. The van der Waals surface area contributed by atoms with Gasteiger partial charge in [0.15, 0.2) is 0 Å². The first kappa shape index (κ1) is 21.6. The molecule has 0 bridgehead atoms. The third kappa shape index (κ3) is 3.86. The molecule has 7 heteroatoms. The molecule has 0 aliphatic carbocycles. The first-order chi connectivity index (χ1) is 15.4. The van der Waals surface area contributed by atoms with Gasteiger partial charge in [-0.1, -0.05) is 42.4 Å². The van der Waals surface area contributed by atoms with Crippen LogP contribution < -0.4 is 9.80 Å². The summed E-state index contributed by atoms with van der Waals surface area (Å²) in [7, 11) is 0. The Hall–Kier alpha value is -3.61. The van der Waals surface area contributed by atoms with Crippen LogP contribution in [-0.2, 0) is 4.74 Å². The van der Waals surface area contributed by atoms with E-state index in [9.17, 15) is 9.59 Å². The van der Waals surface area contributed by atoms with Crippen LogP contribution in [0.5, 0.6) is 0 Å². The number of ether oxygens (including phenoxy) is 1. The van der Waals surface area contributed by atoms with E-state index in [4.69, 9.17) is 9.26 Å². The summed E-state index contributed by atoms with van der Waals surface area (Å²) in [6.07, 6.45) is 0.266. The fourth-order valence-corrected chi connectivity index (χ4v) is 3.98. The molecule has 1 aliphatic rings. The zero-order valence-electron chi connectivity index (χ0n) is 18.8. The Morgan fingerprint density at radius 2 is 1.75 bits per heavy atom. The maximum atomic E-state index is 13.5. The van der Waals surface area contributed by atoms with Crippen LogP contribution in [-0.4, -0.2) is 36.4 Å². The highest BCUT2D eigenvalue weighted by Crippen LogP contribution is 2.39. The highest BCUT2D eigenvalue weighted by molar-refractivity contribution is 6.09. The number of anilines is 2. The van der Waals surface area contributed by atoms with Crippen molar-refractivity contribution in [3.63, 3.8) is 0 Å². The number of rotatable bonds is 4. The molecule has 166 valence electrons. The molecule has 0 saturated heterocycles. The molecule has 2 amide bonds. The Bertz CT molecular complexity index is 1140. The normalized spacial score (nSPS) is 15.4. The lowest BCUT2D eigenvalue weighted by molar-refractivity contribution is 0.0946. The van der Waals surface area contributed by atoms with Crippen molar-refractivity contribution in [3.05, 3.63) is 65.4 Å². The zero-order valence-corrected chi connectivity index (χ0v) is 18.8. The van der Waals surface area contributed by atoms with Crippen LogP contribution in [0.25, 0.3) is 11.3 Å². The van der Waals surface area contributed by atoms with Crippen molar-refractivity contribution in [2.75, 3.05) is 23.0 Å². The molecule has 1 unspecified atom stereocenters. The van der Waals surface area contributed by atoms with E-state index < -0.39 is 6.09 Å². The third-order valence-corrected chi connectivity index (χ3v) is 5.87. The number of hydrogen-bond donors (Lipinski definition) is 0. The number of amides is 2. The van der Waals surface area contributed by atoms with E-state index in [-0.39, 0.29) is 24.3 Å². The highest BCUT2D eigenvalue weighted by Gasteiger charge is 2.38. The Balaban J connectivity index is 1.75. The molecule has 4 rings (SSSR count). The fraction of sp³-hybridized carbons (Fsp3) is 0.320. The van der Waals surface area contributed by atoms with E-state index in [1.807, 2.05) is 63.2 Å². The van der Waals surface area contributed by atoms with Gasteiger partial charge in [0, 0.05) is 18.2 Å². The summed E-state index contributed by atoms with van der Waals surface area (Å²) in [6, 6.07) is 14.9. The Kier molecular flexibility index (Phi) is 5.99. The van der Waals surface area contributed by atoms with E-state index >= 15 is 0 Å². The predicted octanol–water partition coefficient (Wildman–Crippen LogP) is 5.36. The largest absolute Gasteiger partial charge is 0.449 e. The molecule has 2 heterocycles. The van der Waals surface area contributed by atoms with Gasteiger partial charge in [-0.3, -0.25) is 9.69 Å². The van der Waals surface area contributed by atoms with Gasteiger partial charge in [0.25, 0.3) is 5.91 Å². The first-order valence-electron chi connectivity index (χ1n) is 10.9. The standard InChI is InChI=1S/C25H27N3O4/c1-5-19-15-27(24(29)23-14-20(26-32-23)18-10-8-7-9-11-18)21-12-16(3)17(4)13-22(21)28(19)25(30)31-6-2/h7-14,19H,5-6,15H2,1-4H3. The maximum absolute atomic E-state index is 13.5. The van der Waals surface area contributed by atoms with E-state index in [2.05, 4.69) is 5.16 Å². The lowest BCUT2D eigenvalue weighted by atomic mass is 10.00. The number of hydrogen-bond acceptors (Lipinski definition) is 5. The van der Waals surface area contributed by atoms with Gasteiger partial charge in [-0.2, -0.15) is 0 Å². The molecule has 32 heavy (non-hydrogen) atoms. The van der Waals surface area contributed by atoms with Gasteiger partial charge < -0.3 is 14.2 Å². The van der Waals surface area contributed by atoms with E-state index in [0.717, 1.165) is 16.7 Å². The lowest BCUT2D eigenvalue weighted by Gasteiger charge is -2.41. The van der Waals surface area contributed by atoms with Crippen molar-refractivity contribution in [2.45, 2.75) is 40.2 Å². The molecule has 1 atom stereocenters. The molecule has 1 aliphatic heterocycles. The summed E-state index contributed by atoms with van der Waals surface area (Å²) in [5, 5.41) is 4.09. The summed E-state index contributed by atoms with van der Waals surface area (Å²) in [6.45, 7) is 8.38. The summed E-state index contributed by atoms with van der Waals surface area (Å²) in [4.78, 5) is 29.7. The minimum Gasteiger partial charge on any atom is -0.449 e. The van der Waals surface area contributed by atoms with Crippen LogP contribution in [0.3, 0.4) is 0 Å². The molecular weight excluding hydrogens is 406 g/mol. The zero-order chi connectivity index (χ0) is 22.8. The van der Waals surface area contributed by atoms with Crippen LogP contribution in [0.15, 0.2) is 53.1 Å². The summed E-state index contributed by atoms with van der Waals surface area (Å²) < 4.78 is 10.8. The molecule has 7 nitrogen and oxygen atoms in total. The number of aryl methyl sites for hydroxylation is 2. The van der Waals surface area contributed by atoms with Gasteiger partial charge in [-0.25, -0.2) is 4.79 Å². The highest BCUT2D eigenvalue weighted by atomic mass is 16.6. The Morgan fingerprint density at radius 3 is 2.41 bits per heavy atom. The molecule has 0 spiro atoms. The number of carbonyl (C=O) groups is 2. The van der Waals surface area contributed by atoms with Gasteiger partial charge in [0.2, 0.25) is 5.76 Å². The Labute approximate surface area is 187 Å². The quantitative estimate of drug-likeness (QED) is 0.554. The van der Waals surface area contributed by atoms with Crippen LogP contribution >= 0.6 is 0 Å². The van der Waals surface area contributed by atoms with E-state index in [1.54, 1.807) is 22.8 Å². The average Bonchev–Trinajstić information content (AvgIpc) is 3.29. The predicted molar refractivity (Wildman–Crippen MR) is 123 cm³/mol.